The molecule has 1 heterocycles. The Hall–Kier alpha value is -3.04. The Morgan fingerprint density at radius 2 is 1.55 bits per heavy atom. The van der Waals surface area contributed by atoms with Crippen molar-refractivity contribution >= 4 is 6.29 Å². The molecule has 0 unspecified atom stereocenters. The van der Waals surface area contributed by atoms with Crippen LogP contribution in [0, 0.1) is 5.92 Å². The summed E-state index contributed by atoms with van der Waals surface area (Å²) in [6.07, 6.45) is -3.45. The summed E-state index contributed by atoms with van der Waals surface area (Å²) >= 11 is 0. The van der Waals surface area contributed by atoms with Crippen LogP contribution >= 0.6 is 0 Å². The first-order valence-electron chi connectivity index (χ1n) is 9.40. The maximum atomic E-state index is 12.6. The molecule has 0 spiro atoms. The van der Waals surface area contributed by atoms with Crippen molar-refractivity contribution in [2.45, 2.75) is 26.6 Å². The number of alkyl halides is 3. The molecule has 0 fully saturated rings. The lowest BCUT2D eigenvalue weighted by Gasteiger charge is -2.05. The third-order valence-electron chi connectivity index (χ3n) is 3.75. The molecular formula is C22H26F3N3O3. The van der Waals surface area contributed by atoms with Gasteiger partial charge in [-0.05, 0) is 36.9 Å². The molecule has 1 aromatic heterocycles. The van der Waals surface area contributed by atoms with E-state index in [2.05, 4.69) is 15.5 Å². The van der Waals surface area contributed by atoms with Crippen LogP contribution < -0.4 is 5.32 Å². The first-order chi connectivity index (χ1) is 14.7. The van der Waals surface area contributed by atoms with E-state index in [0.717, 1.165) is 43.2 Å². The number of halogens is 3. The van der Waals surface area contributed by atoms with E-state index in [4.69, 9.17) is 9.63 Å². The molecule has 168 valence electrons. The van der Waals surface area contributed by atoms with Crippen molar-refractivity contribution in [3.8, 4) is 22.8 Å². The minimum absolute atomic E-state index is 0.179. The highest BCUT2D eigenvalue weighted by molar-refractivity contribution is 5.60. The first-order valence-corrected chi connectivity index (χ1v) is 9.40. The van der Waals surface area contributed by atoms with E-state index in [-0.39, 0.29) is 11.8 Å². The summed E-state index contributed by atoms with van der Waals surface area (Å²) in [5.74, 6) is 0.772. The molecule has 3 rings (SSSR count). The lowest BCUT2D eigenvalue weighted by atomic mass is 10.1. The molecule has 0 amide bonds. The second kappa shape index (κ2) is 12.6. The standard InChI is InChI=1S/C17H14F3N3O.C4H8O.CH4O/c1-21-10-11-2-4-12(5-3-11)15-22-16(24-23-15)13-6-8-14(9-7-13)17(18,19)20;1-4(2)3-5;1-2/h2-9,21H,10H2,1H3;3-4H,1-2H3;2H,1H3. The van der Waals surface area contributed by atoms with Crippen molar-refractivity contribution in [1.29, 1.82) is 0 Å². The number of carbonyl (C=O) groups excluding carboxylic acids is 1. The zero-order valence-corrected chi connectivity index (χ0v) is 17.8. The second-order valence-electron chi connectivity index (χ2n) is 6.61. The van der Waals surface area contributed by atoms with Crippen LogP contribution in [0.2, 0.25) is 0 Å². The average molecular weight is 437 g/mol. The van der Waals surface area contributed by atoms with Gasteiger partial charge in [-0.15, -0.1) is 0 Å². The van der Waals surface area contributed by atoms with E-state index in [9.17, 15) is 18.0 Å². The fourth-order valence-electron chi connectivity index (χ4n) is 2.24. The van der Waals surface area contributed by atoms with Gasteiger partial charge >= 0.3 is 6.18 Å². The van der Waals surface area contributed by atoms with Crippen LogP contribution in [0.3, 0.4) is 0 Å². The zero-order valence-electron chi connectivity index (χ0n) is 17.8. The summed E-state index contributed by atoms with van der Waals surface area (Å²) < 4.78 is 42.9. The molecule has 0 saturated carbocycles. The molecule has 0 aliphatic carbocycles. The van der Waals surface area contributed by atoms with Gasteiger partial charge in [0, 0.05) is 30.7 Å². The van der Waals surface area contributed by atoms with Crippen molar-refractivity contribution in [2.75, 3.05) is 14.2 Å². The van der Waals surface area contributed by atoms with Crippen molar-refractivity contribution in [3.63, 3.8) is 0 Å². The number of nitrogens with zero attached hydrogens (tertiary/aromatic N) is 2. The first kappa shape index (κ1) is 26.0. The quantitative estimate of drug-likeness (QED) is 0.568. The number of nitrogens with one attached hydrogen (secondary N) is 1. The maximum absolute atomic E-state index is 12.6. The molecule has 3 aromatic rings. The monoisotopic (exact) mass is 437 g/mol. The van der Waals surface area contributed by atoms with Crippen LogP contribution in [0.15, 0.2) is 53.1 Å². The smallest absolute Gasteiger partial charge is 0.400 e. The Kier molecular flexibility index (Phi) is 10.6. The van der Waals surface area contributed by atoms with Gasteiger partial charge in [-0.25, -0.2) is 0 Å². The Morgan fingerprint density at radius 1 is 1.03 bits per heavy atom. The largest absolute Gasteiger partial charge is 0.416 e. The summed E-state index contributed by atoms with van der Waals surface area (Å²) in [4.78, 5) is 13.7. The van der Waals surface area contributed by atoms with E-state index in [0.29, 0.717) is 11.4 Å². The fraction of sp³-hybridized carbons (Fsp3) is 0.318. The van der Waals surface area contributed by atoms with Gasteiger partial charge in [-0.2, -0.15) is 18.2 Å². The van der Waals surface area contributed by atoms with E-state index in [1.165, 1.54) is 12.1 Å². The Morgan fingerprint density at radius 3 is 2.00 bits per heavy atom. The molecule has 2 N–H and O–H groups in total. The summed E-state index contributed by atoms with van der Waals surface area (Å²) in [5.41, 5.74) is 1.61. The van der Waals surface area contributed by atoms with Gasteiger partial charge in [-0.3, -0.25) is 0 Å². The highest BCUT2D eigenvalue weighted by atomic mass is 19.4. The molecule has 9 heteroatoms. The van der Waals surface area contributed by atoms with Gasteiger partial charge in [-0.1, -0.05) is 43.3 Å². The molecule has 0 saturated heterocycles. The van der Waals surface area contributed by atoms with Gasteiger partial charge in [0.1, 0.15) is 6.29 Å². The second-order valence-corrected chi connectivity index (χ2v) is 6.61. The summed E-state index contributed by atoms with van der Waals surface area (Å²) in [6.45, 7) is 4.46. The number of benzene rings is 2. The topological polar surface area (TPSA) is 88.3 Å². The number of carbonyl (C=O) groups is 1. The third kappa shape index (κ3) is 8.31. The molecule has 6 nitrogen and oxygen atoms in total. The normalized spacial score (nSPS) is 10.6. The molecule has 0 bridgehead atoms. The highest BCUT2D eigenvalue weighted by Crippen LogP contribution is 2.31. The lowest BCUT2D eigenvalue weighted by molar-refractivity contribution is -0.137. The minimum atomic E-state index is -4.37. The Bertz CT molecular complexity index is 906. The maximum Gasteiger partial charge on any atom is 0.416 e. The Labute approximate surface area is 179 Å². The number of hydrogen-bond acceptors (Lipinski definition) is 6. The van der Waals surface area contributed by atoms with Crippen molar-refractivity contribution in [3.05, 3.63) is 59.7 Å². The fourth-order valence-corrected chi connectivity index (χ4v) is 2.24. The van der Waals surface area contributed by atoms with Crippen LogP contribution in [-0.2, 0) is 17.5 Å². The van der Waals surface area contributed by atoms with Gasteiger partial charge in [0.2, 0.25) is 5.82 Å². The zero-order chi connectivity index (χ0) is 23.4. The summed E-state index contributed by atoms with van der Waals surface area (Å²) in [7, 11) is 2.86. The molecule has 0 atom stereocenters. The molecule has 31 heavy (non-hydrogen) atoms. The third-order valence-corrected chi connectivity index (χ3v) is 3.75. The van der Waals surface area contributed by atoms with Gasteiger partial charge in [0.25, 0.3) is 5.89 Å². The van der Waals surface area contributed by atoms with Crippen molar-refractivity contribution < 1.29 is 27.6 Å². The summed E-state index contributed by atoms with van der Waals surface area (Å²) in [6, 6.07) is 12.2. The van der Waals surface area contributed by atoms with Crippen molar-refractivity contribution in [1.82, 2.24) is 15.5 Å². The van der Waals surface area contributed by atoms with E-state index in [1.54, 1.807) is 0 Å². The summed E-state index contributed by atoms with van der Waals surface area (Å²) in [5, 5.41) is 13.9. The van der Waals surface area contributed by atoms with Crippen LogP contribution in [0.4, 0.5) is 13.2 Å². The van der Waals surface area contributed by atoms with Crippen LogP contribution in [-0.4, -0.2) is 35.7 Å². The predicted octanol–water partition coefficient (Wildman–Crippen LogP) is 4.59. The predicted molar refractivity (Wildman–Crippen MR) is 112 cm³/mol. The number of aromatic nitrogens is 2. The van der Waals surface area contributed by atoms with Crippen LogP contribution in [0.1, 0.15) is 25.0 Å². The van der Waals surface area contributed by atoms with E-state index >= 15 is 0 Å². The van der Waals surface area contributed by atoms with Crippen molar-refractivity contribution in [2.24, 2.45) is 5.92 Å². The van der Waals surface area contributed by atoms with Crippen LogP contribution in [0.25, 0.3) is 22.8 Å². The number of aliphatic hydroxyl groups is 1. The van der Waals surface area contributed by atoms with Gasteiger partial charge < -0.3 is 19.7 Å². The number of aliphatic hydroxyl groups excluding tert-OH is 1. The molecule has 0 aliphatic heterocycles. The molecule has 0 aliphatic rings. The number of aldehydes is 1. The van der Waals surface area contributed by atoms with Crippen LogP contribution in [0.5, 0.6) is 0 Å². The van der Waals surface area contributed by atoms with E-state index in [1.807, 2.05) is 45.2 Å². The molecular weight excluding hydrogens is 411 g/mol. The molecule has 2 aromatic carbocycles. The molecule has 0 radical (unpaired) electrons. The van der Waals surface area contributed by atoms with Gasteiger partial charge in [0.05, 0.1) is 5.56 Å². The van der Waals surface area contributed by atoms with E-state index < -0.39 is 11.7 Å². The SMILES string of the molecule is CC(C)C=O.CNCc1ccc(-c2noc(-c3ccc(C(F)(F)F)cc3)n2)cc1.CO. The Balaban J connectivity index is 0.000000605. The highest BCUT2D eigenvalue weighted by Gasteiger charge is 2.30. The minimum Gasteiger partial charge on any atom is -0.400 e. The number of hydrogen-bond donors (Lipinski definition) is 2. The average Bonchev–Trinajstić information content (AvgIpc) is 3.26. The van der Waals surface area contributed by atoms with Gasteiger partial charge in [0.15, 0.2) is 0 Å². The lowest BCUT2D eigenvalue weighted by Crippen LogP contribution is -2.04. The number of rotatable bonds is 5.